The van der Waals surface area contributed by atoms with Crippen LogP contribution in [0.25, 0.3) is 0 Å². The van der Waals surface area contributed by atoms with Gasteiger partial charge < -0.3 is 29.7 Å². The highest BCUT2D eigenvalue weighted by atomic mass is 16.5. The number of aryl methyl sites for hydroxylation is 1. The van der Waals surface area contributed by atoms with Gasteiger partial charge in [0.1, 0.15) is 12.4 Å². The minimum Gasteiger partial charge on any atom is -0.491 e. The summed E-state index contributed by atoms with van der Waals surface area (Å²) in [6.45, 7) is 11.0. The third-order valence-electron chi connectivity index (χ3n) is 3.54. The van der Waals surface area contributed by atoms with Gasteiger partial charge in [0.25, 0.3) is 0 Å². The van der Waals surface area contributed by atoms with Crippen LogP contribution in [0.3, 0.4) is 0 Å². The third kappa shape index (κ3) is 14.0. The molecule has 0 saturated heterocycles. The summed E-state index contributed by atoms with van der Waals surface area (Å²) in [6, 6.07) is 6.40. The molecular weight excluding hydrogens is 366 g/mol. The molecule has 0 aliphatic rings. The Hall–Kier alpha value is -2.16. The van der Waals surface area contributed by atoms with Crippen molar-refractivity contribution in [2.45, 2.75) is 33.1 Å². The first-order valence-electron chi connectivity index (χ1n) is 9.26. The lowest BCUT2D eigenvalue weighted by Crippen LogP contribution is -2.22. The summed E-state index contributed by atoms with van der Waals surface area (Å²) in [5.41, 5.74) is 2.55. The van der Waals surface area contributed by atoms with Gasteiger partial charge in [0.05, 0.1) is 13.2 Å². The first-order valence-corrected chi connectivity index (χ1v) is 9.26. The molecule has 0 amide bonds. The van der Waals surface area contributed by atoms with E-state index in [0.29, 0.717) is 25.7 Å². The SMILES string of the molecule is COCCCNCCOCCOc1cc(C)cc(C(C)C)c1.O=C(O)C(=O)O. The van der Waals surface area contributed by atoms with E-state index < -0.39 is 11.9 Å². The molecule has 28 heavy (non-hydrogen) atoms. The van der Waals surface area contributed by atoms with E-state index in [9.17, 15) is 0 Å². The maximum Gasteiger partial charge on any atom is 0.414 e. The van der Waals surface area contributed by atoms with Crippen molar-refractivity contribution in [3.05, 3.63) is 29.3 Å². The predicted octanol–water partition coefficient (Wildman–Crippen LogP) is 2.30. The van der Waals surface area contributed by atoms with Crippen LogP contribution in [-0.2, 0) is 19.1 Å². The number of carboxylic acid groups (broad SMARTS) is 2. The Kier molecular flexibility index (Phi) is 14.6. The normalized spacial score (nSPS) is 10.3. The van der Waals surface area contributed by atoms with E-state index in [2.05, 4.69) is 44.3 Å². The highest BCUT2D eigenvalue weighted by Crippen LogP contribution is 2.22. The number of hydrogen-bond donors (Lipinski definition) is 3. The number of benzene rings is 1. The van der Waals surface area contributed by atoms with Crippen LogP contribution in [0.2, 0.25) is 0 Å². The van der Waals surface area contributed by atoms with Gasteiger partial charge in [-0.1, -0.05) is 19.9 Å². The van der Waals surface area contributed by atoms with E-state index in [1.807, 2.05) is 0 Å². The van der Waals surface area contributed by atoms with Crippen molar-refractivity contribution in [1.82, 2.24) is 5.32 Å². The fourth-order valence-electron chi connectivity index (χ4n) is 2.12. The summed E-state index contributed by atoms with van der Waals surface area (Å²) in [4.78, 5) is 18.2. The predicted molar refractivity (Wildman–Crippen MR) is 106 cm³/mol. The number of ether oxygens (including phenoxy) is 3. The zero-order chi connectivity index (χ0) is 21.4. The maximum absolute atomic E-state index is 9.10. The van der Waals surface area contributed by atoms with Crippen LogP contribution in [0.15, 0.2) is 18.2 Å². The average Bonchev–Trinajstić information content (AvgIpc) is 2.63. The molecule has 0 spiro atoms. The van der Waals surface area contributed by atoms with Crippen molar-refractivity contribution in [2.75, 3.05) is 46.6 Å². The van der Waals surface area contributed by atoms with Crippen molar-refractivity contribution in [2.24, 2.45) is 0 Å². The molecule has 1 aromatic carbocycles. The van der Waals surface area contributed by atoms with E-state index in [0.717, 1.165) is 31.9 Å². The molecule has 0 atom stereocenters. The molecule has 160 valence electrons. The fraction of sp³-hybridized carbons (Fsp3) is 0.600. The number of carbonyl (C=O) groups is 2. The molecule has 0 heterocycles. The van der Waals surface area contributed by atoms with Crippen molar-refractivity contribution in [3.63, 3.8) is 0 Å². The Morgan fingerprint density at radius 1 is 1.00 bits per heavy atom. The Morgan fingerprint density at radius 3 is 2.25 bits per heavy atom. The molecule has 0 bridgehead atoms. The Labute approximate surface area is 166 Å². The van der Waals surface area contributed by atoms with Crippen LogP contribution < -0.4 is 10.1 Å². The Bertz CT molecular complexity index is 564. The van der Waals surface area contributed by atoms with Crippen LogP contribution in [0, 0.1) is 6.92 Å². The fourth-order valence-corrected chi connectivity index (χ4v) is 2.12. The molecule has 0 aliphatic carbocycles. The standard InChI is InChI=1S/C18H31NO3.C2H2O4/c1-15(2)17-12-16(3)13-18(14-17)22-11-10-21-9-7-19-6-5-8-20-4;3-1(4)2(5)6/h12-15,19H,5-11H2,1-4H3;(H,3,4)(H,5,6). The summed E-state index contributed by atoms with van der Waals surface area (Å²) < 4.78 is 16.3. The second-order valence-corrected chi connectivity index (χ2v) is 6.40. The minimum absolute atomic E-state index is 0.516. The van der Waals surface area contributed by atoms with Crippen LogP contribution in [0.5, 0.6) is 5.75 Å². The first kappa shape index (κ1) is 25.8. The van der Waals surface area contributed by atoms with Gasteiger partial charge >= 0.3 is 11.9 Å². The smallest absolute Gasteiger partial charge is 0.414 e. The summed E-state index contributed by atoms with van der Waals surface area (Å²) in [5, 5.41) is 18.1. The molecule has 8 nitrogen and oxygen atoms in total. The highest BCUT2D eigenvalue weighted by Gasteiger charge is 2.04. The van der Waals surface area contributed by atoms with E-state index in [1.165, 1.54) is 11.1 Å². The van der Waals surface area contributed by atoms with Crippen LogP contribution in [0.1, 0.15) is 37.3 Å². The number of hydrogen-bond acceptors (Lipinski definition) is 6. The van der Waals surface area contributed by atoms with E-state index in [1.54, 1.807) is 7.11 Å². The molecule has 0 saturated carbocycles. The summed E-state index contributed by atoms with van der Waals surface area (Å²) in [7, 11) is 1.72. The van der Waals surface area contributed by atoms with Crippen LogP contribution in [0.4, 0.5) is 0 Å². The lowest BCUT2D eigenvalue weighted by molar-refractivity contribution is -0.159. The van der Waals surface area contributed by atoms with E-state index >= 15 is 0 Å². The lowest BCUT2D eigenvalue weighted by Gasteiger charge is -2.12. The molecule has 8 heteroatoms. The number of carboxylic acids is 2. The zero-order valence-corrected chi connectivity index (χ0v) is 17.2. The largest absolute Gasteiger partial charge is 0.491 e. The molecule has 0 aliphatic heterocycles. The molecule has 1 aromatic rings. The second kappa shape index (κ2) is 15.9. The van der Waals surface area contributed by atoms with Crippen molar-refractivity contribution in [1.29, 1.82) is 0 Å². The monoisotopic (exact) mass is 399 g/mol. The van der Waals surface area contributed by atoms with Crippen molar-refractivity contribution >= 4 is 11.9 Å². The third-order valence-corrected chi connectivity index (χ3v) is 3.54. The number of methoxy groups -OCH3 is 1. The Morgan fingerprint density at radius 2 is 1.68 bits per heavy atom. The Balaban J connectivity index is 0.00000105. The van der Waals surface area contributed by atoms with E-state index in [-0.39, 0.29) is 0 Å². The zero-order valence-electron chi connectivity index (χ0n) is 17.2. The topological polar surface area (TPSA) is 114 Å². The highest BCUT2D eigenvalue weighted by molar-refractivity contribution is 6.27. The molecule has 0 aromatic heterocycles. The van der Waals surface area contributed by atoms with Gasteiger partial charge in [-0.25, -0.2) is 9.59 Å². The van der Waals surface area contributed by atoms with Crippen molar-refractivity contribution in [3.8, 4) is 5.75 Å². The minimum atomic E-state index is -1.82. The quantitative estimate of drug-likeness (QED) is 0.362. The van der Waals surface area contributed by atoms with E-state index in [4.69, 9.17) is 34.0 Å². The molecule has 0 radical (unpaired) electrons. The van der Waals surface area contributed by atoms with Gasteiger partial charge in [0.15, 0.2) is 0 Å². The average molecular weight is 399 g/mol. The molecule has 1 rings (SSSR count). The summed E-state index contributed by atoms with van der Waals surface area (Å²) in [6.07, 6.45) is 1.03. The number of aliphatic carboxylic acids is 2. The van der Waals surface area contributed by atoms with Gasteiger partial charge in [0, 0.05) is 20.3 Å². The van der Waals surface area contributed by atoms with Gasteiger partial charge in [-0.15, -0.1) is 0 Å². The summed E-state index contributed by atoms with van der Waals surface area (Å²) in [5.74, 6) is -2.20. The molecule has 3 N–H and O–H groups in total. The lowest BCUT2D eigenvalue weighted by atomic mass is 10.0. The van der Waals surface area contributed by atoms with Crippen LogP contribution >= 0.6 is 0 Å². The number of nitrogens with one attached hydrogen (secondary N) is 1. The molecule has 0 fully saturated rings. The molecule has 0 unspecified atom stereocenters. The van der Waals surface area contributed by atoms with Crippen molar-refractivity contribution < 1.29 is 34.0 Å². The molecular formula is C20H33NO7. The van der Waals surface area contributed by atoms with Gasteiger partial charge in [-0.3, -0.25) is 0 Å². The maximum atomic E-state index is 9.10. The second-order valence-electron chi connectivity index (χ2n) is 6.40. The van der Waals surface area contributed by atoms with Gasteiger partial charge in [0.2, 0.25) is 0 Å². The number of rotatable bonds is 12. The van der Waals surface area contributed by atoms with Crippen LogP contribution in [-0.4, -0.2) is 68.8 Å². The first-order chi connectivity index (χ1) is 13.3. The van der Waals surface area contributed by atoms with Gasteiger partial charge in [-0.05, 0) is 49.1 Å². The van der Waals surface area contributed by atoms with Gasteiger partial charge in [-0.2, -0.15) is 0 Å². The summed E-state index contributed by atoms with van der Waals surface area (Å²) >= 11 is 0.